The maximum absolute atomic E-state index is 13.2. The summed E-state index contributed by atoms with van der Waals surface area (Å²) in [5.74, 6) is -1.48. The van der Waals surface area contributed by atoms with E-state index in [1.54, 1.807) is 31.3 Å². The van der Waals surface area contributed by atoms with Crippen LogP contribution in [0.4, 0.5) is 9.52 Å². The van der Waals surface area contributed by atoms with E-state index in [9.17, 15) is 14.4 Å². The number of rotatable bonds is 5. The Kier molecular flexibility index (Phi) is 5.19. The molecule has 3 rings (SSSR count). The number of nitriles is 1. The zero-order chi connectivity index (χ0) is 19.4. The van der Waals surface area contributed by atoms with Crippen molar-refractivity contribution in [2.75, 3.05) is 12.1 Å². The quantitative estimate of drug-likeness (QED) is 0.537. The first-order valence-corrected chi connectivity index (χ1v) is 8.40. The van der Waals surface area contributed by atoms with Gasteiger partial charge in [-0.05, 0) is 30.3 Å². The fraction of sp³-hybridized carbons (Fsp3) is 0.0556. The second-order valence-corrected chi connectivity index (χ2v) is 6.09. The van der Waals surface area contributed by atoms with Crippen molar-refractivity contribution in [2.24, 2.45) is 5.10 Å². The van der Waals surface area contributed by atoms with Gasteiger partial charge in [0.05, 0.1) is 23.4 Å². The molecule has 0 aliphatic rings. The van der Waals surface area contributed by atoms with Gasteiger partial charge in [0.2, 0.25) is 5.13 Å². The van der Waals surface area contributed by atoms with E-state index in [0.717, 1.165) is 23.7 Å². The lowest BCUT2D eigenvalue weighted by atomic mass is 10.1. The Labute approximate surface area is 157 Å². The van der Waals surface area contributed by atoms with Crippen LogP contribution in [0.2, 0.25) is 0 Å². The van der Waals surface area contributed by atoms with E-state index in [0.29, 0.717) is 22.1 Å². The zero-order valence-electron chi connectivity index (χ0n) is 14.0. The topological polar surface area (TPSA) is 102 Å². The van der Waals surface area contributed by atoms with Gasteiger partial charge < -0.3 is 5.11 Å². The third kappa shape index (κ3) is 3.96. The van der Waals surface area contributed by atoms with Crippen molar-refractivity contribution in [3.63, 3.8) is 0 Å². The molecule has 0 saturated heterocycles. The molecule has 0 saturated carbocycles. The van der Waals surface area contributed by atoms with Gasteiger partial charge in [-0.15, -0.1) is 0 Å². The number of halogens is 1. The summed E-state index contributed by atoms with van der Waals surface area (Å²) in [6.45, 7) is 0. The number of carboxylic acid groups (broad SMARTS) is 1. The van der Waals surface area contributed by atoms with E-state index < -0.39 is 11.8 Å². The first-order valence-electron chi connectivity index (χ1n) is 7.63. The summed E-state index contributed by atoms with van der Waals surface area (Å²) < 4.78 is 17.5. The van der Waals surface area contributed by atoms with Gasteiger partial charge in [-0.2, -0.15) is 19.7 Å². The number of hydrogen-bond acceptors (Lipinski definition) is 7. The number of hydrogen-bond donors (Lipinski definition) is 1. The SMILES string of the molecule is CN(/N=C/c1ccc(F)cc1C(=O)O)c1nc(-c2ccccc2C#N)ns1. The Balaban J connectivity index is 1.85. The van der Waals surface area contributed by atoms with Crippen LogP contribution in [0.5, 0.6) is 0 Å². The highest BCUT2D eigenvalue weighted by atomic mass is 32.1. The summed E-state index contributed by atoms with van der Waals surface area (Å²) in [4.78, 5) is 15.6. The van der Waals surface area contributed by atoms with Gasteiger partial charge in [0, 0.05) is 29.7 Å². The second kappa shape index (κ2) is 7.72. The average Bonchev–Trinajstić information content (AvgIpc) is 3.16. The molecule has 0 aliphatic carbocycles. The van der Waals surface area contributed by atoms with Gasteiger partial charge in [0.1, 0.15) is 5.82 Å². The summed E-state index contributed by atoms with van der Waals surface area (Å²) in [5, 5.41) is 24.4. The molecule has 2 aromatic carbocycles. The molecule has 1 heterocycles. The van der Waals surface area contributed by atoms with Crippen molar-refractivity contribution >= 4 is 28.8 Å². The minimum Gasteiger partial charge on any atom is -0.478 e. The highest BCUT2D eigenvalue weighted by Crippen LogP contribution is 2.25. The molecule has 0 fully saturated rings. The Morgan fingerprint density at radius 2 is 2.15 bits per heavy atom. The third-order valence-corrected chi connectivity index (χ3v) is 4.38. The molecular weight excluding hydrogens is 369 g/mol. The molecule has 1 aromatic heterocycles. The van der Waals surface area contributed by atoms with Gasteiger partial charge in [-0.3, -0.25) is 0 Å². The van der Waals surface area contributed by atoms with Crippen molar-refractivity contribution < 1.29 is 14.3 Å². The lowest BCUT2D eigenvalue weighted by molar-refractivity contribution is 0.0696. The molecule has 0 bridgehead atoms. The van der Waals surface area contributed by atoms with Crippen LogP contribution >= 0.6 is 11.5 Å². The maximum atomic E-state index is 13.2. The zero-order valence-corrected chi connectivity index (χ0v) is 14.8. The van der Waals surface area contributed by atoms with Crippen molar-refractivity contribution in [2.45, 2.75) is 0 Å². The Morgan fingerprint density at radius 3 is 2.89 bits per heavy atom. The van der Waals surface area contributed by atoms with Crippen LogP contribution in [0.3, 0.4) is 0 Å². The maximum Gasteiger partial charge on any atom is 0.336 e. The molecule has 27 heavy (non-hydrogen) atoms. The number of benzene rings is 2. The minimum atomic E-state index is -1.25. The lowest BCUT2D eigenvalue weighted by Crippen LogP contribution is -2.10. The molecule has 7 nitrogen and oxygen atoms in total. The van der Waals surface area contributed by atoms with Crippen LogP contribution in [0, 0.1) is 17.1 Å². The van der Waals surface area contributed by atoms with E-state index >= 15 is 0 Å². The Hall–Kier alpha value is -3.64. The molecule has 134 valence electrons. The van der Waals surface area contributed by atoms with Crippen molar-refractivity contribution in [3.05, 3.63) is 65.0 Å². The first-order chi connectivity index (χ1) is 13.0. The van der Waals surface area contributed by atoms with E-state index in [2.05, 4.69) is 20.5 Å². The number of hydrazone groups is 1. The van der Waals surface area contributed by atoms with Crippen molar-refractivity contribution in [1.29, 1.82) is 5.26 Å². The van der Waals surface area contributed by atoms with Crippen LogP contribution in [0.25, 0.3) is 11.4 Å². The molecule has 0 unspecified atom stereocenters. The van der Waals surface area contributed by atoms with Gasteiger partial charge in [-0.25, -0.2) is 14.2 Å². The van der Waals surface area contributed by atoms with E-state index in [4.69, 9.17) is 5.11 Å². The largest absolute Gasteiger partial charge is 0.478 e. The van der Waals surface area contributed by atoms with Gasteiger partial charge >= 0.3 is 5.97 Å². The molecule has 0 radical (unpaired) electrons. The predicted molar refractivity (Wildman–Crippen MR) is 99.4 cm³/mol. The van der Waals surface area contributed by atoms with Crippen LogP contribution in [-0.4, -0.2) is 33.7 Å². The Morgan fingerprint density at radius 1 is 1.37 bits per heavy atom. The van der Waals surface area contributed by atoms with Crippen molar-refractivity contribution in [1.82, 2.24) is 9.36 Å². The van der Waals surface area contributed by atoms with Crippen LogP contribution in [0.1, 0.15) is 21.5 Å². The highest BCUT2D eigenvalue weighted by molar-refractivity contribution is 7.09. The van der Waals surface area contributed by atoms with E-state index in [1.165, 1.54) is 17.3 Å². The van der Waals surface area contributed by atoms with Gasteiger partial charge in [0.15, 0.2) is 5.82 Å². The standard InChI is InChI=1S/C18H12FN5O2S/c1-24(21-10-12-6-7-13(19)8-15(12)17(25)26)18-22-16(23-27-18)14-5-3-2-4-11(14)9-20/h2-8,10H,1H3,(H,25,26)/b21-10+. The van der Waals surface area contributed by atoms with E-state index in [-0.39, 0.29) is 11.1 Å². The van der Waals surface area contributed by atoms with E-state index in [1.807, 2.05) is 0 Å². The summed E-state index contributed by atoms with van der Waals surface area (Å²) in [6.07, 6.45) is 1.31. The minimum absolute atomic E-state index is 0.187. The average molecular weight is 381 g/mol. The first kappa shape index (κ1) is 18.2. The lowest BCUT2D eigenvalue weighted by Gasteiger charge is -2.08. The normalized spacial score (nSPS) is 10.7. The predicted octanol–water partition coefficient (Wildman–Crippen LogP) is 3.38. The Bertz CT molecular complexity index is 1070. The number of aromatic carboxylic acids is 1. The molecule has 3 aromatic rings. The monoisotopic (exact) mass is 381 g/mol. The highest BCUT2D eigenvalue weighted by Gasteiger charge is 2.13. The van der Waals surface area contributed by atoms with Crippen molar-refractivity contribution in [3.8, 4) is 17.5 Å². The number of anilines is 1. The van der Waals surface area contributed by atoms with Crippen LogP contribution in [-0.2, 0) is 0 Å². The van der Waals surface area contributed by atoms with Crippen LogP contribution in [0.15, 0.2) is 47.6 Å². The fourth-order valence-corrected chi connectivity index (χ4v) is 2.86. The molecule has 0 atom stereocenters. The molecule has 0 amide bonds. The molecule has 9 heteroatoms. The molecular formula is C18H12FN5O2S. The summed E-state index contributed by atoms with van der Waals surface area (Å²) in [5.41, 5.74) is 1.15. The number of nitrogens with zero attached hydrogens (tertiary/aromatic N) is 5. The molecule has 1 N–H and O–H groups in total. The number of carboxylic acids is 1. The summed E-state index contributed by atoms with van der Waals surface area (Å²) >= 11 is 1.09. The summed E-state index contributed by atoms with van der Waals surface area (Å²) in [7, 11) is 1.63. The molecule has 0 spiro atoms. The third-order valence-electron chi connectivity index (χ3n) is 3.60. The summed E-state index contributed by atoms with van der Waals surface area (Å²) in [6, 6.07) is 12.5. The number of aromatic nitrogens is 2. The van der Waals surface area contributed by atoms with Crippen LogP contribution < -0.4 is 5.01 Å². The number of carbonyl (C=O) groups is 1. The van der Waals surface area contributed by atoms with Gasteiger partial charge in [-0.1, -0.05) is 12.1 Å². The second-order valence-electron chi connectivity index (χ2n) is 5.36. The fourth-order valence-electron chi connectivity index (χ4n) is 2.26. The van der Waals surface area contributed by atoms with Gasteiger partial charge in [0.25, 0.3) is 0 Å². The smallest absolute Gasteiger partial charge is 0.336 e. The molecule has 0 aliphatic heterocycles.